The van der Waals surface area contributed by atoms with Gasteiger partial charge in [-0.15, -0.1) is 0 Å². The molecule has 1 heteroatoms. The smallest absolute Gasteiger partial charge is 0.0439 e. The summed E-state index contributed by atoms with van der Waals surface area (Å²) in [7, 11) is 0. The summed E-state index contributed by atoms with van der Waals surface area (Å²) in [6.45, 7) is 7.93. The van der Waals surface area contributed by atoms with Gasteiger partial charge in [-0.1, -0.05) is 27.2 Å². The van der Waals surface area contributed by atoms with Crippen LogP contribution in [0.15, 0.2) is 4.99 Å². The van der Waals surface area contributed by atoms with E-state index in [0.717, 1.165) is 6.54 Å². The van der Waals surface area contributed by atoms with Crippen molar-refractivity contribution in [2.24, 2.45) is 16.3 Å². The predicted octanol–water partition coefficient (Wildman–Crippen LogP) is 2.90. The monoisotopic (exact) mass is 153 g/mol. The van der Waals surface area contributed by atoms with Crippen molar-refractivity contribution in [3.05, 3.63) is 0 Å². The molecule has 0 radical (unpaired) electrons. The van der Waals surface area contributed by atoms with Crippen LogP contribution in [0, 0.1) is 11.3 Å². The van der Waals surface area contributed by atoms with Crippen LogP contribution in [-0.2, 0) is 0 Å². The molecule has 0 amide bonds. The molecule has 0 aromatic rings. The van der Waals surface area contributed by atoms with E-state index in [9.17, 15) is 0 Å². The first-order valence-electron chi connectivity index (χ1n) is 4.66. The van der Waals surface area contributed by atoms with Crippen molar-refractivity contribution in [3.63, 3.8) is 0 Å². The minimum atomic E-state index is 0.503. The van der Waals surface area contributed by atoms with Gasteiger partial charge in [0.05, 0.1) is 0 Å². The van der Waals surface area contributed by atoms with E-state index in [-0.39, 0.29) is 0 Å². The summed E-state index contributed by atoms with van der Waals surface area (Å²) in [6, 6.07) is 0. The van der Waals surface area contributed by atoms with Crippen LogP contribution < -0.4 is 0 Å². The van der Waals surface area contributed by atoms with Crippen molar-refractivity contribution >= 4 is 6.21 Å². The van der Waals surface area contributed by atoms with Gasteiger partial charge in [0.2, 0.25) is 0 Å². The Morgan fingerprint density at radius 3 is 2.91 bits per heavy atom. The maximum atomic E-state index is 4.40. The van der Waals surface area contributed by atoms with E-state index < -0.39 is 0 Å². The van der Waals surface area contributed by atoms with Crippen LogP contribution in [0.5, 0.6) is 0 Å². The highest BCUT2D eigenvalue weighted by molar-refractivity contribution is 5.61. The molecule has 1 aliphatic heterocycles. The van der Waals surface area contributed by atoms with E-state index >= 15 is 0 Å². The number of hydrogen-bond acceptors (Lipinski definition) is 1. The van der Waals surface area contributed by atoms with Gasteiger partial charge in [-0.05, 0) is 24.2 Å². The van der Waals surface area contributed by atoms with Gasteiger partial charge < -0.3 is 0 Å². The lowest BCUT2D eigenvalue weighted by Crippen LogP contribution is -2.27. The molecular formula is C10H19N. The van der Waals surface area contributed by atoms with E-state index in [0.29, 0.717) is 11.3 Å². The maximum Gasteiger partial charge on any atom is 0.0439 e. The van der Waals surface area contributed by atoms with Crippen LogP contribution in [0.2, 0.25) is 0 Å². The minimum absolute atomic E-state index is 0.503. The standard InChI is InChI=1S/C10H19N/c1-4-5-10(3)6-9(2)7-11-8-10/h7,9H,4-6,8H2,1-3H3/t9?,10-/m1/s1. The van der Waals surface area contributed by atoms with Crippen molar-refractivity contribution < 1.29 is 0 Å². The van der Waals surface area contributed by atoms with Crippen LogP contribution in [0.25, 0.3) is 0 Å². The quantitative estimate of drug-likeness (QED) is 0.578. The van der Waals surface area contributed by atoms with Crippen molar-refractivity contribution in [2.75, 3.05) is 6.54 Å². The Morgan fingerprint density at radius 1 is 1.64 bits per heavy atom. The predicted molar refractivity (Wildman–Crippen MR) is 50.2 cm³/mol. The summed E-state index contributed by atoms with van der Waals surface area (Å²) in [6.07, 6.45) is 6.05. The summed E-state index contributed by atoms with van der Waals surface area (Å²) in [5, 5.41) is 0. The third-order valence-electron chi connectivity index (χ3n) is 2.50. The zero-order valence-electron chi connectivity index (χ0n) is 7.93. The molecule has 0 fully saturated rings. The summed E-state index contributed by atoms with van der Waals surface area (Å²) in [4.78, 5) is 4.40. The second kappa shape index (κ2) is 3.38. The topological polar surface area (TPSA) is 12.4 Å². The van der Waals surface area contributed by atoms with E-state index in [1.807, 2.05) is 0 Å². The second-order valence-electron chi connectivity index (χ2n) is 4.23. The molecule has 2 atom stereocenters. The first-order chi connectivity index (χ1) is 5.16. The molecule has 1 unspecified atom stereocenters. The molecule has 1 nitrogen and oxygen atoms in total. The molecule has 64 valence electrons. The van der Waals surface area contributed by atoms with Crippen LogP contribution in [-0.4, -0.2) is 12.8 Å². The third kappa shape index (κ3) is 2.32. The van der Waals surface area contributed by atoms with E-state index in [2.05, 4.69) is 32.0 Å². The number of aliphatic imine (C=N–C) groups is 1. The van der Waals surface area contributed by atoms with Crippen molar-refractivity contribution in [1.82, 2.24) is 0 Å². The van der Waals surface area contributed by atoms with Crippen LogP contribution in [0.4, 0.5) is 0 Å². The van der Waals surface area contributed by atoms with E-state index in [1.54, 1.807) is 0 Å². The lowest BCUT2D eigenvalue weighted by molar-refractivity contribution is 0.251. The molecule has 0 bridgehead atoms. The average Bonchev–Trinajstić information content (AvgIpc) is 1.86. The SMILES string of the molecule is CCC[C@@]1(C)CN=CC(C)C1. The Labute approximate surface area is 69.9 Å². The highest BCUT2D eigenvalue weighted by Gasteiger charge is 2.27. The highest BCUT2D eigenvalue weighted by Crippen LogP contribution is 2.33. The molecule has 0 saturated carbocycles. The maximum absolute atomic E-state index is 4.40. The van der Waals surface area contributed by atoms with Gasteiger partial charge in [-0.2, -0.15) is 0 Å². The molecule has 1 rings (SSSR count). The Kier molecular flexibility index (Phi) is 2.69. The normalized spacial score (nSPS) is 37.5. The van der Waals surface area contributed by atoms with Crippen molar-refractivity contribution in [1.29, 1.82) is 0 Å². The van der Waals surface area contributed by atoms with Gasteiger partial charge in [-0.25, -0.2) is 0 Å². The second-order valence-corrected chi connectivity index (χ2v) is 4.23. The Balaban J connectivity index is 2.52. The first kappa shape index (κ1) is 8.76. The zero-order chi connectivity index (χ0) is 8.32. The average molecular weight is 153 g/mol. The van der Waals surface area contributed by atoms with Gasteiger partial charge >= 0.3 is 0 Å². The third-order valence-corrected chi connectivity index (χ3v) is 2.50. The molecule has 0 aromatic carbocycles. The number of hydrogen-bond donors (Lipinski definition) is 0. The molecule has 1 aliphatic rings. The van der Waals surface area contributed by atoms with Gasteiger partial charge in [0.1, 0.15) is 0 Å². The molecule has 0 saturated heterocycles. The van der Waals surface area contributed by atoms with Crippen molar-refractivity contribution in [2.45, 2.75) is 40.0 Å². The lowest BCUT2D eigenvalue weighted by atomic mass is 9.77. The highest BCUT2D eigenvalue weighted by atomic mass is 14.8. The van der Waals surface area contributed by atoms with Gasteiger partial charge in [0, 0.05) is 12.8 Å². The van der Waals surface area contributed by atoms with Crippen molar-refractivity contribution in [3.8, 4) is 0 Å². The van der Waals surface area contributed by atoms with Crippen LogP contribution >= 0.6 is 0 Å². The molecule has 0 spiro atoms. The van der Waals surface area contributed by atoms with E-state index in [4.69, 9.17) is 0 Å². The first-order valence-corrected chi connectivity index (χ1v) is 4.66. The number of rotatable bonds is 2. The van der Waals surface area contributed by atoms with Gasteiger partial charge in [0.15, 0.2) is 0 Å². The summed E-state index contributed by atoms with van der Waals surface area (Å²) in [5.74, 6) is 0.695. The Bertz CT molecular complexity index is 151. The van der Waals surface area contributed by atoms with Crippen LogP contribution in [0.1, 0.15) is 40.0 Å². The summed E-state index contributed by atoms with van der Waals surface area (Å²) >= 11 is 0. The largest absolute Gasteiger partial charge is 0.297 e. The Morgan fingerprint density at radius 2 is 2.36 bits per heavy atom. The fourth-order valence-corrected chi connectivity index (χ4v) is 2.13. The Hall–Kier alpha value is -0.330. The molecule has 11 heavy (non-hydrogen) atoms. The lowest BCUT2D eigenvalue weighted by Gasteiger charge is -2.32. The molecule has 0 aliphatic carbocycles. The molecule has 0 aromatic heterocycles. The molecule has 0 N–H and O–H groups in total. The fourth-order valence-electron chi connectivity index (χ4n) is 2.13. The molecule has 1 heterocycles. The van der Waals surface area contributed by atoms with Crippen LogP contribution in [0.3, 0.4) is 0 Å². The zero-order valence-corrected chi connectivity index (χ0v) is 7.93. The van der Waals surface area contributed by atoms with E-state index in [1.165, 1.54) is 19.3 Å². The number of nitrogens with zero attached hydrogens (tertiary/aromatic N) is 1. The summed E-state index contributed by atoms with van der Waals surface area (Å²) in [5.41, 5.74) is 0.503. The summed E-state index contributed by atoms with van der Waals surface area (Å²) < 4.78 is 0. The minimum Gasteiger partial charge on any atom is -0.297 e. The fraction of sp³-hybridized carbons (Fsp3) is 0.900. The van der Waals surface area contributed by atoms with Gasteiger partial charge in [0.25, 0.3) is 0 Å². The van der Waals surface area contributed by atoms with Gasteiger partial charge in [-0.3, -0.25) is 4.99 Å². The molecular weight excluding hydrogens is 134 g/mol.